The van der Waals surface area contributed by atoms with Gasteiger partial charge in [-0.1, -0.05) is 158 Å². The van der Waals surface area contributed by atoms with E-state index in [0.717, 1.165) is 77.6 Å². The molecular weight excluding hydrogens is 697 g/mol. The molecule has 0 N–H and O–H groups in total. The van der Waals surface area contributed by atoms with Gasteiger partial charge in [-0.2, -0.15) is 0 Å². The largest absolute Gasteiger partial charge is 0.455 e. The molecular formula is C52H36N4O. The van der Waals surface area contributed by atoms with Crippen LogP contribution >= 0.6 is 0 Å². The summed E-state index contributed by atoms with van der Waals surface area (Å²) in [6, 6.07) is 58.7. The first-order valence-corrected chi connectivity index (χ1v) is 19.0. The number of hydrogen-bond donors (Lipinski definition) is 0. The van der Waals surface area contributed by atoms with Gasteiger partial charge in [-0.25, -0.2) is 15.0 Å². The van der Waals surface area contributed by atoms with Crippen LogP contribution in [0.4, 0.5) is 0 Å². The summed E-state index contributed by atoms with van der Waals surface area (Å²) in [7, 11) is 0. The minimum Gasteiger partial charge on any atom is -0.455 e. The van der Waals surface area contributed by atoms with Crippen LogP contribution < -0.4 is 0 Å². The highest BCUT2D eigenvalue weighted by molar-refractivity contribution is 6.13. The van der Waals surface area contributed by atoms with Crippen LogP contribution in [0.2, 0.25) is 0 Å². The summed E-state index contributed by atoms with van der Waals surface area (Å²) < 4.78 is 8.75. The Morgan fingerprint density at radius 3 is 1.93 bits per heavy atom. The Hall–Kier alpha value is -7.63. The van der Waals surface area contributed by atoms with Crippen molar-refractivity contribution in [1.82, 2.24) is 19.5 Å². The lowest BCUT2D eigenvalue weighted by Crippen LogP contribution is -2.01. The molecule has 0 amide bonds. The van der Waals surface area contributed by atoms with E-state index in [1.807, 2.05) is 97.9 Å². The van der Waals surface area contributed by atoms with Gasteiger partial charge in [-0.15, -0.1) is 0 Å². The molecule has 10 aromatic rings. The zero-order valence-electron chi connectivity index (χ0n) is 31.3. The Morgan fingerprint density at radius 2 is 1.19 bits per heavy atom. The Kier molecular flexibility index (Phi) is 8.46. The van der Waals surface area contributed by atoms with Crippen molar-refractivity contribution in [2.45, 2.75) is 6.92 Å². The molecule has 57 heavy (non-hydrogen) atoms. The van der Waals surface area contributed by atoms with E-state index in [0.29, 0.717) is 17.5 Å². The van der Waals surface area contributed by atoms with Gasteiger partial charge in [0.05, 0.1) is 11.0 Å². The summed E-state index contributed by atoms with van der Waals surface area (Å²) >= 11 is 0. The third-order valence-electron chi connectivity index (χ3n) is 10.6. The quantitative estimate of drug-likeness (QED) is 0.146. The van der Waals surface area contributed by atoms with Crippen molar-refractivity contribution in [3.8, 4) is 39.6 Å². The molecule has 0 aliphatic rings. The number of hydrogen-bond acceptors (Lipinski definition) is 4. The maximum Gasteiger partial charge on any atom is 0.164 e. The SMILES string of the molecule is C=C(/C=C\C=C(/C)c1nc(-c2ccccc2)nc(-c2ccccc2)n1)c1ccc(-n2c3ccccc3c3cc(-c4cccc5c4oc4ccccc45)ccc32)cc1. The topological polar surface area (TPSA) is 56.7 Å². The predicted octanol–water partition coefficient (Wildman–Crippen LogP) is 13.5. The highest BCUT2D eigenvalue weighted by Crippen LogP contribution is 2.39. The maximum absolute atomic E-state index is 6.41. The molecule has 10 rings (SSSR count). The number of para-hydroxylation sites is 3. The van der Waals surface area contributed by atoms with Crippen molar-refractivity contribution in [2.24, 2.45) is 0 Å². The zero-order chi connectivity index (χ0) is 38.3. The molecule has 0 unspecified atom stereocenters. The van der Waals surface area contributed by atoms with Crippen molar-refractivity contribution < 1.29 is 4.42 Å². The first-order chi connectivity index (χ1) is 28.1. The van der Waals surface area contributed by atoms with Gasteiger partial charge in [0.2, 0.25) is 0 Å². The Balaban J connectivity index is 0.943. The first-order valence-electron chi connectivity index (χ1n) is 19.0. The van der Waals surface area contributed by atoms with E-state index < -0.39 is 0 Å². The van der Waals surface area contributed by atoms with Crippen LogP contribution in [0, 0.1) is 0 Å². The summed E-state index contributed by atoms with van der Waals surface area (Å²) in [6.45, 7) is 6.42. The number of benzene rings is 7. The lowest BCUT2D eigenvalue weighted by atomic mass is 10.0. The molecule has 0 aliphatic carbocycles. The Morgan fingerprint density at radius 1 is 0.561 bits per heavy atom. The molecule has 0 fully saturated rings. The van der Waals surface area contributed by atoms with E-state index in [1.54, 1.807) is 0 Å². The molecule has 0 bridgehead atoms. The second-order valence-corrected chi connectivity index (χ2v) is 14.2. The Labute approximate surface area is 330 Å². The van der Waals surface area contributed by atoms with E-state index in [2.05, 4.69) is 108 Å². The van der Waals surface area contributed by atoms with Crippen LogP contribution in [0.5, 0.6) is 0 Å². The molecule has 7 aromatic carbocycles. The summed E-state index contributed by atoms with van der Waals surface area (Å²) in [6.07, 6.45) is 6.07. The van der Waals surface area contributed by atoms with Gasteiger partial charge in [0.15, 0.2) is 17.5 Å². The molecule has 0 atom stereocenters. The van der Waals surface area contributed by atoms with Crippen LogP contribution in [0.25, 0.3) is 94.5 Å². The maximum atomic E-state index is 6.41. The van der Waals surface area contributed by atoms with Crippen molar-refractivity contribution >= 4 is 54.9 Å². The molecule has 270 valence electrons. The van der Waals surface area contributed by atoms with Crippen LogP contribution in [0.3, 0.4) is 0 Å². The summed E-state index contributed by atoms with van der Waals surface area (Å²) in [5.74, 6) is 1.92. The minimum atomic E-state index is 0.632. The molecule has 3 aromatic heterocycles. The number of fused-ring (bicyclic) bond motifs is 6. The van der Waals surface area contributed by atoms with Crippen LogP contribution in [-0.4, -0.2) is 19.5 Å². The number of allylic oxidation sites excluding steroid dienone is 5. The molecule has 0 saturated carbocycles. The lowest BCUT2D eigenvalue weighted by Gasteiger charge is -2.10. The second-order valence-electron chi connectivity index (χ2n) is 14.2. The zero-order valence-corrected chi connectivity index (χ0v) is 31.3. The monoisotopic (exact) mass is 732 g/mol. The van der Waals surface area contributed by atoms with Crippen molar-refractivity contribution in [2.75, 3.05) is 0 Å². The number of aromatic nitrogens is 4. The summed E-state index contributed by atoms with van der Waals surface area (Å²) in [5.41, 5.74) is 12.2. The number of rotatable bonds is 8. The standard InChI is InChI=1S/C52H36N4O/c1-34(15-13-16-35(2)50-53-51(37-17-5-3-6-18-37)55-52(54-50)38-19-7-4-8-20-38)36-27-30-40(31-28-36)56-46-25-11-9-21-42(46)45-33-39(29-32-47(45)56)41-23-14-24-44-43-22-10-12-26-48(43)57-49(41)44/h3-33H,1H2,2H3/b15-13-,35-16+. The van der Waals surface area contributed by atoms with Gasteiger partial charge in [0, 0.05) is 43.9 Å². The average Bonchev–Trinajstić information content (AvgIpc) is 3.82. The van der Waals surface area contributed by atoms with Gasteiger partial charge < -0.3 is 8.98 Å². The molecule has 0 aliphatic heterocycles. The molecule has 5 heteroatoms. The highest BCUT2D eigenvalue weighted by atomic mass is 16.3. The third-order valence-corrected chi connectivity index (χ3v) is 10.6. The van der Waals surface area contributed by atoms with Crippen molar-refractivity contribution in [3.05, 3.63) is 206 Å². The summed E-state index contributed by atoms with van der Waals surface area (Å²) in [5, 5.41) is 4.66. The minimum absolute atomic E-state index is 0.632. The van der Waals surface area contributed by atoms with Crippen LogP contribution in [0.1, 0.15) is 18.3 Å². The van der Waals surface area contributed by atoms with E-state index in [9.17, 15) is 0 Å². The molecule has 0 spiro atoms. The van der Waals surface area contributed by atoms with E-state index >= 15 is 0 Å². The van der Waals surface area contributed by atoms with E-state index in [4.69, 9.17) is 19.4 Å². The highest BCUT2D eigenvalue weighted by Gasteiger charge is 2.17. The van der Waals surface area contributed by atoms with Crippen molar-refractivity contribution in [3.63, 3.8) is 0 Å². The second kappa shape index (κ2) is 14.2. The predicted molar refractivity (Wildman–Crippen MR) is 236 cm³/mol. The first kappa shape index (κ1) is 33.9. The van der Waals surface area contributed by atoms with E-state index in [1.165, 1.54) is 10.8 Å². The fraction of sp³-hybridized carbons (Fsp3) is 0.0192. The van der Waals surface area contributed by atoms with Gasteiger partial charge in [0.1, 0.15) is 11.2 Å². The third kappa shape index (κ3) is 6.21. The number of nitrogens with zero attached hydrogens (tertiary/aromatic N) is 4. The molecule has 0 radical (unpaired) electrons. The Bertz CT molecular complexity index is 3130. The fourth-order valence-electron chi connectivity index (χ4n) is 7.68. The fourth-order valence-corrected chi connectivity index (χ4v) is 7.68. The van der Waals surface area contributed by atoms with Crippen LogP contribution in [-0.2, 0) is 0 Å². The summed E-state index contributed by atoms with van der Waals surface area (Å²) in [4.78, 5) is 14.5. The van der Waals surface area contributed by atoms with Crippen LogP contribution in [0.15, 0.2) is 199 Å². The number of furan rings is 1. The normalized spacial score (nSPS) is 12.1. The van der Waals surface area contributed by atoms with Gasteiger partial charge >= 0.3 is 0 Å². The van der Waals surface area contributed by atoms with Crippen molar-refractivity contribution in [1.29, 1.82) is 0 Å². The molecule has 0 saturated heterocycles. The van der Waals surface area contributed by atoms with E-state index in [-0.39, 0.29) is 0 Å². The lowest BCUT2D eigenvalue weighted by molar-refractivity contribution is 0.670. The smallest absolute Gasteiger partial charge is 0.164 e. The van der Waals surface area contributed by atoms with Gasteiger partial charge in [0.25, 0.3) is 0 Å². The molecule has 3 heterocycles. The average molecular weight is 733 g/mol. The molecule has 5 nitrogen and oxygen atoms in total. The van der Waals surface area contributed by atoms with Gasteiger partial charge in [-0.3, -0.25) is 0 Å². The van der Waals surface area contributed by atoms with Gasteiger partial charge in [-0.05, 0) is 65.6 Å².